The molecule has 0 heterocycles. The lowest BCUT2D eigenvalue weighted by Gasteiger charge is -2.29. The highest BCUT2D eigenvalue weighted by molar-refractivity contribution is 7.89. The minimum atomic E-state index is -3.62. The van der Waals surface area contributed by atoms with Crippen molar-refractivity contribution in [3.05, 3.63) is 28.8 Å². The molecule has 1 aromatic rings. The van der Waals surface area contributed by atoms with Gasteiger partial charge >= 0.3 is 0 Å². The lowest BCUT2D eigenvalue weighted by molar-refractivity contribution is 0.0910. The van der Waals surface area contributed by atoms with Crippen molar-refractivity contribution < 1.29 is 13.2 Å². The number of sulfonamides is 1. The third kappa shape index (κ3) is 4.54. The average molecular weight is 387 g/mol. The van der Waals surface area contributed by atoms with Crippen molar-refractivity contribution in [2.24, 2.45) is 5.92 Å². The van der Waals surface area contributed by atoms with Gasteiger partial charge in [0.25, 0.3) is 5.91 Å². The number of nitrogens with zero attached hydrogens (tertiary/aromatic N) is 1. The second kappa shape index (κ2) is 8.52. The van der Waals surface area contributed by atoms with Crippen molar-refractivity contribution in [1.29, 1.82) is 0 Å². The molecule has 0 saturated heterocycles. The molecule has 1 aliphatic rings. The predicted octanol–water partition coefficient (Wildman–Crippen LogP) is 3.68. The average Bonchev–Trinajstić information content (AvgIpc) is 2.58. The fourth-order valence-electron chi connectivity index (χ4n) is 3.33. The molecule has 1 N–H and O–H groups in total. The monoisotopic (exact) mass is 386 g/mol. The molecule has 2 rings (SSSR count). The molecule has 1 aliphatic carbocycles. The standard InChI is InChI=1S/C18H27ClN2O3S/c1-4-21(5-2)25(23,24)14-10-11-16(19)15(12-14)18(22)20-17-9-7-6-8-13(17)3/h10-13,17H,4-9H2,1-3H3,(H,20,22)/t13-,17-/m0/s1. The minimum absolute atomic E-state index is 0.0995. The van der Waals surface area contributed by atoms with Gasteiger partial charge < -0.3 is 5.32 Å². The van der Waals surface area contributed by atoms with Crippen LogP contribution in [0, 0.1) is 5.92 Å². The normalized spacial score (nSPS) is 21.3. The van der Waals surface area contributed by atoms with Gasteiger partial charge in [0, 0.05) is 19.1 Å². The highest BCUT2D eigenvalue weighted by Gasteiger charge is 2.26. The second-order valence-electron chi connectivity index (χ2n) is 6.57. The molecule has 0 bridgehead atoms. The van der Waals surface area contributed by atoms with Gasteiger partial charge in [-0.15, -0.1) is 0 Å². The molecule has 0 spiro atoms. The number of benzene rings is 1. The Morgan fingerprint density at radius 1 is 1.24 bits per heavy atom. The molecule has 7 heteroatoms. The van der Waals surface area contributed by atoms with Gasteiger partial charge in [0.2, 0.25) is 10.0 Å². The van der Waals surface area contributed by atoms with Crippen molar-refractivity contribution in [3.63, 3.8) is 0 Å². The lowest BCUT2D eigenvalue weighted by atomic mass is 9.86. The molecular formula is C18H27ClN2O3S. The van der Waals surface area contributed by atoms with Crippen LogP contribution in [0.2, 0.25) is 5.02 Å². The number of hydrogen-bond acceptors (Lipinski definition) is 3. The van der Waals surface area contributed by atoms with Crippen LogP contribution < -0.4 is 5.32 Å². The van der Waals surface area contributed by atoms with Crippen molar-refractivity contribution in [1.82, 2.24) is 9.62 Å². The van der Waals surface area contributed by atoms with E-state index in [1.807, 2.05) is 0 Å². The first-order valence-corrected chi connectivity index (χ1v) is 10.7. The van der Waals surface area contributed by atoms with E-state index in [1.165, 1.54) is 28.9 Å². The fourth-order valence-corrected chi connectivity index (χ4v) is 5.02. The van der Waals surface area contributed by atoms with Gasteiger partial charge in [0.05, 0.1) is 15.5 Å². The number of hydrogen-bond donors (Lipinski definition) is 1. The summed E-state index contributed by atoms with van der Waals surface area (Å²) < 4.78 is 26.7. The van der Waals surface area contributed by atoms with Crippen molar-refractivity contribution in [2.75, 3.05) is 13.1 Å². The Hall–Kier alpha value is -1.11. The first-order valence-electron chi connectivity index (χ1n) is 8.91. The summed E-state index contributed by atoms with van der Waals surface area (Å²) in [5.41, 5.74) is 0.215. The van der Waals surface area contributed by atoms with E-state index in [2.05, 4.69) is 12.2 Å². The van der Waals surface area contributed by atoms with E-state index in [-0.39, 0.29) is 27.4 Å². The third-order valence-corrected chi connectivity index (χ3v) is 7.33. The Morgan fingerprint density at radius 2 is 1.88 bits per heavy atom. The van der Waals surface area contributed by atoms with Crippen LogP contribution in [-0.2, 0) is 10.0 Å². The maximum atomic E-state index is 12.7. The topological polar surface area (TPSA) is 66.5 Å². The summed E-state index contributed by atoms with van der Waals surface area (Å²) in [6, 6.07) is 4.44. The zero-order valence-electron chi connectivity index (χ0n) is 15.1. The summed E-state index contributed by atoms with van der Waals surface area (Å²) in [6.45, 7) is 6.46. The molecule has 0 aromatic heterocycles. The van der Waals surface area contributed by atoms with E-state index in [9.17, 15) is 13.2 Å². The van der Waals surface area contributed by atoms with Crippen molar-refractivity contribution >= 4 is 27.5 Å². The molecule has 1 aromatic carbocycles. The number of rotatable bonds is 6. The van der Waals surface area contributed by atoms with Gasteiger partial charge in [0.15, 0.2) is 0 Å². The molecule has 25 heavy (non-hydrogen) atoms. The van der Waals surface area contributed by atoms with Gasteiger partial charge in [-0.3, -0.25) is 4.79 Å². The largest absolute Gasteiger partial charge is 0.349 e. The van der Waals surface area contributed by atoms with E-state index < -0.39 is 10.0 Å². The molecule has 1 saturated carbocycles. The summed E-state index contributed by atoms with van der Waals surface area (Å²) in [4.78, 5) is 12.8. The zero-order chi connectivity index (χ0) is 18.6. The molecule has 2 atom stereocenters. The van der Waals surface area contributed by atoms with Crippen LogP contribution >= 0.6 is 11.6 Å². The van der Waals surface area contributed by atoms with Crippen molar-refractivity contribution in [2.45, 2.75) is 57.4 Å². The first-order chi connectivity index (χ1) is 11.8. The van der Waals surface area contributed by atoms with E-state index in [4.69, 9.17) is 11.6 Å². The molecule has 1 fully saturated rings. The van der Waals surface area contributed by atoms with E-state index >= 15 is 0 Å². The van der Waals surface area contributed by atoms with Crippen LogP contribution in [0.4, 0.5) is 0 Å². The quantitative estimate of drug-likeness (QED) is 0.810. The Balaban J connectivity index is 2.28. The van der Waals surface area contributed by atoms with E-state index in [0.29, 0.717) is 19.0 Å². The molecule has 0 radical (unpaired) electrons. The highest BCUT2D eigenvalue weighted by Crippen LogP contribution is 2.26. The van der Waals surface area contributed by atoms with Crippen LogP contribution in [-0.4, -0.2) is 37.8 Å². The highest BCUT2D eigenvalue weighted by atomic mass is 35.5. The predicted molar refractivity (Wildman–Crippen MR) is 100 cm³/mol. The number of halogens is 1. The third-order valence-electron chi connectivity index (χ3n) is 4.95. The molecule has 0 aliphatic heterocycles. The first kappa shape index (κ1) is 20.2. The Bertz CT molecular complexity index is 717. The van der Waals surface area contributed by atoms with Crippen LogP contribution in [0.3, 0.4) is 0 Å². The molecule has 0 unspecified atom stereocenters. The summed E-state index contributed by atoms with van der Waals surface area (Å²) >= 11 is 6.17. The molecule has 140 valence electrons. The van der Waals surface area contributed by atoms with Gasteiger partial charge in [0.1, 0.15) is 0 Å². The van der Waals surface area contributed by atoms with Gasteiger partial charge in [-0.25, -0.2) is 8.42 Å². The molecule has 5 nitrogen and oxygen atoms in total. The molecule has 1 amide bonds. The number of carbonyl (C=O) groups excluding carboxylic acids is 1. The van der Waals surface area contributed by atoms with E-state index in [1.54, 1.807) is 13.8 Å². The maximum Gasteiger partial charge on any atom is 0.253 e. The number of nitrogens with one attached hydrogen (secondary N) is 1. The fraction of sp³-hybridized carbons (Fsp3) is 0.611. The van der Waals surface area contributed by atoms with Crippen LogP contribution in [0.15, 0.2) is 23.1 Å². The summed E-state index contributed by atoms with van der Waals surface area (Å²) in [5, 5.41) is 3.29. The SMILES string of the molecule is CCN(CC)S(=O)(=O)c1ccc(Cl)c(C(=O)N[C@H]2CCCC[C@@H]2C)c1. The van der Waals surface area contributed by atoms with Crippen LogP contribution in [0.5, 0.6) is 0 Å². The number of carbonyl (C=O) groups is 1. The summed E-state index contributed by atoms with van der Waals surface area (Å²) in [5.74, 6) is 0.111. The van der Waals surface area contributed by atoms with Gasteiger partial charge in [-0.05, 0) is 37.0 Å². The van der Waals surface area contributed by atoms with Crippen molar-refractivity contribution in [3.8, 4) is 0 Å². The number of amides is 1. The lowest BCUT2D eigenvalue weighted by Crippen LogP contribution is -2.41. The van der Waals surface area contributed by atoms with Crippen LogP contribution in [0.25, 0.3) is 0 Å². The van der Waals surface area contributed by atoms with Gasteiger partial charge in [-0.1, -0.05) is 45.2 Å². The Morgan fingerprint density at radius 3 is 2.48 bits per heavy atom. The second-order valence-corrected chi connectivity index (χ2v) is 8.92. The Labute approximate surface area is 155 Å². The van der Waals surface area contributed by atoms with Crippen LogP contribution in [0.1, 0.15) is 56.8 Å². The summed E-state index contributed by atoms with van der Waals surface area (Å²) in [6.07, 6.45) is 4.32. The summed E-state index contributed by atoms with van der Waals surface area (Å²) in [7, 11) is -3.62. The smallest absolute Gasteiger partial charge is 0.253 e. The van der Waals surface area contributed by atoms with E-state index in [0.717, 1.165) is 19.3 Å². The zero-order valence-corrected chi connectivity index (χ0v) is 16.7. The van der Waals surface area contributed by atoms with Gasteiger partial charge in [-0.2, -0.15) is 4.31 Å². The minimum Gasteiger partial charge on any atom is -0.349 e. The molecular weight excluding hydrogens is 360 g/mol. The maximum absolute atomic E-state index is 12.7. The Kier molecular flexibility index (Phi) is 6.88.